The van der Waals surface area contributed by atoms with Gasteiger partial charge in [-0.3, -0.25) is 0 Å². The lowest BCUT2D eigenvalue weighted by molar-refractivity contribution is 0.793. The highest BCUT2D eigenvalue weighted by Gasteiger charge is 2.51. The topological polar surface area (TPSA) is 3.24 Å². The summed E-state index contributed by atoms with van der Waals surface area (Å²) in [5, 5.41) is 0. The van der Waals surface area contributed by atoms with E-state index in [2.05, 4.69) is 163 Å². The van der Waals surface area contributed by atoms with Gasteiger partial charge in [0.15, 0.2) is 0 Å². The monoisotopic (exact) mass is 569 g/mol. The van der Waals surface area contributed by atoms with Gasteiger partial charge >= 0.3 is 0 Å². The van der Waals surface area contributed by atoms with Gasteiger partial charge in [0.1, 0.15) is 7.85 Å². The van der Waals surface area contributed by atoms with Gasteiger partial charge in [0.05, 0.1) is 5.41 Å². The fourth-order valence-electron chi connectivity index (χ4n) is 7.73. The molecule has 9 rings (SSSR count). The molecule has 0 aliphatic heterocycles. The van der Waals surface area contributed by atoms with Gasteiger partial charge in [-0.05, 0) is 92.0 Å². The van der Waals surface area contributed by atoms with E-state index >= 15 is 0 Å². The standard InChI is InChI=1S/C43H28BN/c44-31-20-24-33(25-21-31)45(32-22-18-30(19-23-32)29-10-2-1-3-11-29)34-26-27-38-37-14-6-9-17-41(37)43(42(38)28-34)39-15-7-4-12-35(39)36-13-5-8-16-40(36)43/h1-28H. The van der Waals surface area contributed by atoms with Crippen molar-refractivity contribution in [3.05, 3.63) is 192 Å². The van der Waals surface area contributed by atoms with E-state index < -0.39 is 0 Å². The number of nitrogens with zero attached hydrogens (tertiary/aromatic N) is 1. The third-order valence-electron chi connectivity index (χ3n) is 9.62. The lowest BCUT2D eigenvalue weighted by Crippen LogP contribution is -2.26. The van der Waals surface area contributed by atoms with Crippen molar-refractivity contribution in [1.29, 1.82) is 0 Å². The Morgan fingerprint density at radius 1 is 0.356 bits per heavy atom. The van der Waals surface area contributed by atoms with Crippen LogP contribution in [0.4, 0.5) is 17.1 Å². The summed E-state index contributed by atoms with van der Waals surface area (Å²) in [6.45, 7) is 0. The molecule has 1 spiro atoms. The van der Waals surface area contributed by atoms with Crippen LogP contribution in [0.3, 0.4) is 0 Å². The van der Waals surface area contributed by atoms with Gasteiger partial charge in [-0.25, -0.2) is 0 Å². The van der Waals surface area contributed by atoms with Crippen LogP contribution in [-0.2, 0) is 5.41 Å². The smallest absolute Gasteiger partial charge is 0.113 e. The molecular formula is C43H28BN. The molecule has 2 aliphatic carbocycles. The Morgan fingerprint density at radius 3 is 1.33 bits per heavy atom. The fraction of sp³-hybridized carbons (Fsp3) is 0.0233. The molecule has 7 aromatic rings. The largest absolute Gasteiger partial charge is 0.310 e. The van der Waals surface area contributed by atoms with Crippen LogP contribution < -0.4 is 10.4 Å². The van der Waals surface area contributed by atoms with E-state index in [1.807, 2.05) is 12.1 Å². The number of fused-ring (bicyclic) bond motifs is 10. The normalized spacial score (nSPS) is 13.2. The molecule has 0 bridgehead atoms. The van der Waals surface area contributed by atoms with E-state index in [0.29, 0.717) is 0 Å². The number of hydrogen-bond acceptors (Lipinski definition) is 1. The summed E-state index contributed by atoms with van der Waals surface area (Å²) < 4.78 is 0. The van der Waals surface area contributed by atoms with Crippen molar-refractivity contribution in [2.75, 3.05) is 4.90 Å². The van der Waals surface area contributed by atoms with Crippen molar-refractivity contribution < 1.29 is 0 Å². The third-order valence-corrected chi connectivity index (χ3v) is 9.62. The van der Waals surface area contributed by atoms with Gasteiger partial charge < -0.3 is 4.90 Å². The van der Waals surface area contributed by atoms with Crippen LogP contribution in [0.1, 0.15) is 22.3 Å². The van der Waals surface area contributed by atoms with Gasteiger partial charge in [-0.2, -0.15) is 0 Å². The zero-order valence-electron chi connectivity index (χ0n) is 24.7. The molecule has 208 valence electrons. The zero-order chi connectivity index (χ0) is 30.0. The molecule has 7 aromatic carbocycles. The molecule has 0 saturated heterocycles. The molecule has 1 nitrogen and oxygen atoms in total. The highest BCUT2D eigenvalue weighted by molar-refractivity contribution is 6.32. The van der Waals surface area contributed by atoms with E-state index in [1.54, 1.807) is 0 Å². The molecule has 0 atom stereocenters. The first-order chi connectivity index (χ1) is 22.2. The number of anilines is 3. The average Bonchev–Trinajstić information content (AvgIpc) is 3.57. The van der Waals surface area contributed by atoms with Crippen LogP contribution in [0.5, 0.6) is 0 Å². The lowest BCUT2D eigenvalue weighted by atomic mass is 9.70. The lowest BCUT2D eigenvalue weighted by Gasteiger charge is -2.32. The Hall–Kier alpha value is -5.60. The number of rotatable bonds is 4. The molecule has 45 heavy (non-hydrogen) atoms. The molecule has 2 heteroatoms. The molecular weight excluding hydrogens is 541 g/mol. The van der Waals surface area contributed by atoms with Crippen molar-refractivity contribution >= 4 is 30.4 Å². The molecule has 0 amide bonds. The van der Waals surface area contributed by atoms with Crippen LogP contribution in [0, 0.1) is 0 Å². The summed E-state index contributed by atoms with van der Waals surface area (Å²) in [4.78, 5) is 2.35. The van der Waals surface area contributed by atoms with Crippen LogP contribution in [0.15, 0.2) is 170 Å². The first kappa shape index (κ1) is 25.9. The van der Waals surface area contributed by atoms with E-state index in [9.17, 15) is 0 Å². The molecule has 0 N–H and O–H groups in total. The number of hydrogen-bond donors (Lipinski definition) is 0. The second kappa shape index (κ2) is 9.97. The van der Waals surface area contributed by atoms with Crippen molar-refractivity contribution in [1.82, 2.24) is 0 Å². The summed E-state index contributed by atoms with van der Waals surface area (Å²) in [5.41, 5.74) is 16.6. The second-order valence-corrected chi connectivity index (χ2v) is 12.0. The third kappa shape index (κ3) is 3.76. The summed E-state index contributed by atoms with van der Waals surface area (Å²) in [6, 6.07) is 61.5. The molecule has 0 fully saturated rings. The first-order valence-electron chi connectivity index (χ1n) is 15.5. The first-order valence-corrected chi connectivity index (χ1v) is 15.5. The minimum Gasteiger partial charge on any atom is -0.310 e. The summed E-state index contributed by atoms with van der Waals surface area (Å²) in [6.07, 6.45) is 0. The minimum atomic E-state index is -0.390. The average molecular weight is 570 g/mol. The summed E-state index contributed by atoms with van der Waals surface area (Å²) >= 11 is 0. The minimum absolute atomic E-state index is 0.390. The van der Waals surface area contributed by atoms with Gasteiger partial charge in [0.25, 0.3) is 0 Å². The molecule has 0 heterocycles. The summed E-state index contributed by atoms with van der Waals surface area (Å²) in [5.74, 6) is 0. The van der Waals surface area contributed by atoms with Crippen molar-refractivity contribution in [2.45, 2.75) is 5.41 Å². The van der Waals surface area contributed by atoms with Crippen LogP contribution in [0.2, 0.25) is 0 Å². The maximum atomic E-state index is 6.16. The Morgan fingerprint density at radius 2 is 0.778 bits per heavy atom. The van der Waals surface area contributed by atoms with Gasteiger partial charge in [0.2, 0.25) is 0 Å². The number of benzene rings is 7. The van der Waals surface area contributed by atoms with Gasteiger partial charge in [-0.15, -0.1) is 0 Å². The van der Waals surface area contributed by atoms with Crippen LogP contribution >= 0.6 is 0 Å². The predicted octanol–water partition coefficient (Wildman–Crippen LogP) is 9.96. The van der Waals surface area contributed by atoms with Crippen molar-refractivity contribution in [3.63, 3.8) is 0 Å². The Labute approximate surface area is 265 Å². The predicted molar refractivity (Wildman–Crippen MR) is 188 cm³/mol. The van der Waals surface area contributed by atoms with E-state index in [1.165, 1.54) is 55.6 Å². The Kier molecular flexibility index (Phi) is 5.73. The quantitative estimate of drug-likeness (QED) is 0.191. The molecule has 2 radical (unpaired) electrons. The maximum absolute atomic E-state index is 6.16. The maximum Gasteiger partial charge on any atom is 0.113 e. The SMILES string of the molecule is [B]c1ccc(N(c2ccc(-c3ccccc3)cc2)c2ccc3c(c2)C2(c4ccccc4-c4ccccc42)c2ccccc2-3)cc1. The molecule has 0 saturated carbocycles. The fourth-order valence-corrected chi connectivity index (χ4v) is 7.73. The molecule has 0 aromatic heterocycles. The van der Waals surface area contributed by atoms with Gasteiger partial charge in [-0.1, -0.05) is 139 Å². The highest BCUT2D eigenvalue weighted by atomic mass is 15.1. The van der Waals surface area contributed by atoms with Crippen LogP contribution in [0.25, 0.3) is 33.4 Å². The van der Waals surface area contributed by atoms with Crippen molar-refractivity contribution in [2.24, 2.45) is 0 Å². The van der Waals surface area contributed by atoms with E-state index in [-0.39, 0.29) is 5.41 Å². The van der Waals surface area contributed by atoms with Gasteiger partial charge in [0, 0.05) is 17.1 Å². The summed E-state index contributed by atoms with van der Waals surface area (Å²) in [7, 11) is 6.16. The van der Waals surface area contributed by atoms with Crippen LogP contribution in [-0.4, -0.2) is 7.85 Å². The molecule has 2 aliphatic rings. The van der Waals surface area contributed by atoms with Crippen molar-refractivity contribution in [3.8, 4) is 33.4 Å². The Balaban J connectivity index is 1.28. The van der Waals surface area contributed by atoms with E-state index in [4.69, 9.17) is 7.85 Å². The molecule has 0 unspecified atom stereocenters. The Bertz CT molecular complexity index is 2150. The highest BCUT2D eigenvalue weighted by Crippen LogP contribution is 2.63. The second-order valence-electron chi connectivity index (χ2n) is 12.0. The van der Waals surface area contributed by atoms with E-state index in [0.717, 1.165) is 22.5 Å². The zero-order valence-corrected chi connectivity index (χ0v) is 24.7.